The molecule has 0 saturated heterocycles. The highest BCUT2D eigenvalue weighted by atomic mass is 16.4. The van der Waals surface area contributed by atoms with E-state index in [4.69, 9.17) is 10.2 Å². The molecule has 96 valence electrons. The number of carboxylic acid groups (broad SMARTS) is 2. The molecule has 0 saturated carbocycles. The number of rotatable bonds is 4. The fourth-order valence-corrected chi connectivity index (χ4v) is 1.79. The molecule has 0 aliphatic carbocycles. The molecule has 0 fully saturated rings. The average Bonchev–Trinajstić information content (AvgIpc) is 2.39. The molecule has 0 radical (unpaired) electrons. The van der Waals surface area contributed by atoms with Crippen LogP contribution in [-0.4, -0.2) is 22.2 Å². The second kappa shape index (κ2) is 5.35. The minimum Gasteiger partial charge on any atom is -0.481 e. The van der Waals surface area contributed by atoms with Gasteiger partial charge in [-0.05, 0) is 28.8 Å². The molecule has 0 aliphatic heterocycles. The first-order valence-electron chi connectivity index (χ1n) is 5.71. The quantitative estimate of drug-likeness (QED) is 0.881. The van der Waals surface area contributed by atoms with Crippen LogP contribution in [0.2, 0.25) is 0 Å². The van der Waals surface area contributed by atoms with E-state index in [1.807, 2.05) is 12.1 Å². The summed E-state index contributed by atoms with van der Waals surface area (Å²) in [5, 5.41) is 17.5. The van der Waals surface area contributed by atoms with Crippen molar-refractivity contribution in [3.05, 3.63) is 59.7 Å². The summed E-state index contributed by atoms with van der Waals surface area (Å²) in [4.78, 5) is 21.3. The summed E-state index contributed by atoms with van der Waals surface area (Å²) in [5.74, 6) is -1.82. The Bertz CT molecular complexity index is 597. The van der Waals surface area contributed by atoms with Gasteiger partial charge in [0.1, 0.15) is 0 Å². The van der Waals surface area contributed by atoms with Crippen LogP contribution in [0.15, 0.2) is 48.5 Å². The Hall–Kier alpha value is -2.62. The van der Waals surface area contributed by atoms with E-state index in [2.05, 4.69) is 0 Å². The van der Waals surface area contributed by atoms with Gasteiger partial charge in [0.2, 0.25) is 0 Å². The van der Waals surface area contributed by atoms with Crippen LogP contribution in [-0.2, 0) is 11.2 Å². The highest BCUT2D eigenvalue weighted by Crippen LogP contribution is 2.20. The van der Waals surface area contributed by atoms with Gasteiger partial charge >= 0.3 is 11.9 Å². The number of aliphatic carboxylic acids is 1. The minimum absolute atomic E-state index is 0.00175. The number of aromatic carboxylic acids is 1. The highest BCUT2D eigenvalue weighted by molar-refractivity contribution is 5.88. The van der Waals surface area contributed by atoms with E-state index in [0.29, 0.717) is 0 Å². The van der Waals surface area contributed by atoms with Gasteiger partial charge in [0.25, 0.3) is 0 Å². The van der Waals surface area contributed by atoms with E-state index >= 15 is 0 Å². The van der Waals surface area contributed by atoms with Gasteiger partial charge in [-0.2, -0.15) is 0 Å². The van der Waals surface area contributed by atoms with Crippen molar-refractivity contribution in [2.75, 3.05) is 0 Å². The van der Waals surface area contributed by atoms with Crippen LogP contribution in [0.3, 0.4) is 0 Å². The molecule has 0 aliphatic rings. The molecule has 4 nitrogen and oxygen atoms in total. The third-order valence-corrected chi connectivity index (χ3v) is 2.77. The lowest BCUT2D eigenvalue weighted by Crippen LogP contribution is -1.99. The van der Waals surface area contributed by atoms with Crippen LogP contribution in [0.4, 0.5) is 0 Å². The first-order chi connectivity index (χ1) is 9.06. The zero-order valence-electron chi connectivity index (χ0n) is 10.0. The minimum atomic E-state index is -0.955. The van der Waals surface area contributed by atoms with Crippen molar-refractivity contribution in [2.24, 2.45) is 0 Å². The summed E-state index contributed by atoms with van der Waals surface area (Å²) in [5.41, 5.74) is 2.79. The Kier molecular flexibility index (Phi) is 3.61. The maximum absolute atomic E-state index is 10.7. The lowest BCUT2D eigenvalue weighted by molar-refractivity contribution is -0.136. The topological polar surface area (TPSA) is 74.6 Å². The molecule has 0 bridgehead atoms. The lowest BCUT2D eigenvalue weighted by atomic mass is 10.0. The van der Waals surface area contributed by atoms with Crippen molar-refractivity contribution in [2.45, 2.75) is 6.42 Å². The van der Waals surface area contributed by atoms with E-state index < -0.39 is 11.9 Å². The van der Waals surface area contributed by atoms with Gasteiger partial charge in [0.05, 0.1) is 12.0 Å². The monoisotopic (exact) mass is 256 g/mol. The number of carboxylic acids is 2. The van der Waals surface area contributed by atoms with Crippen LogP contribution in [0.5, 0.6) is 0 Å². The van der Waals surface area contributed by atoms with Crippen LogP contribution in [0, 0.1) is 0 Å². The predicted octanol–water partition coefficient (Wildman–Crippen LogP) is 2.68. The lowest BCUT2D eigenvalue weighted by Gasteiger charge is -2.04. The Morgan fingerprint density at radius 2 is 1.26 bits per heavy atom. The molecule has 0 spiro atoms. The molecular formula is C15H12O4. The molecule has 2 aromatic carbocycles. The molecule has 0 atom stereocenters. The van der Waals surface area contributed by atoms with Gasteiger partial charge in [-0.15, -0.1) is 0 Å². The van der Waals surface area contributed by atoms with E-state index in [0.717, 1.165) is 16.7 Å². The standard InChI is InChI=1S/C15H12O4/c16-14(17)9-10-1-3-11(4-2-10)12-5-7-13(8-6-12)15(18)19/h1-8H,9H2,(H,16,17)(H,18,19). The van der Waals surface area contributed by atoms with Crippen LogP contribution >= 0.6 is 0 Å². The Morgan fingerprint density at radius 3 is 1.68 bits per heavy atom. The number of benzene rings is 2. The molecule has 2 rings (SSSR count). The summed E-state index contributed by atoms with van der Waals surface area (Å²) < 4.78 is 0. The van der Waals surface area contributed by atoms with Gasteiger partial charge in [0.15, 0.2) is 0 Å². The maximum Gasteiger partial charge on any atom is 0.335 e. The summed E-state index contributed by atoms with van der Waals surface area (Å²) in [6.07, 6.45) is -0.00175. The largest absolute Gasteiger partial charge is 0.481 e. The van der Waals surface area contributed by atoms with Gasteiger partial charge in [-0.25, -0.2) is 4.79 Å². The van der Waals surface area contributed by atoms with E-state index in [-0.39, 0.29) is 12.0 Å². The number of hydrogen-bond acceptors (Lipinski definition) is 2. The van der Waals surface area contributed by atoms with Crippen molar-refractivity contribution in [1.82, 2.24) is 0 Å². The molecular weight excluding hydrogens is 244 g/mol. The van der Waals surface area contributed by atoms with Gasteiger partial charge < -0.3 is 10.2 Å². The third kappa shape index (κ3) is 3.19. The summed E-state index contributed by atoms with van der Waals surface area (Å²) in [7, 11) is 0. The van der Waals surface area contributed by atoms with Gasteiger partial charge in [0, 0.05) is 0 Å². The predicted molar refractivity (Wildman–Crippen MR) is 70.2 cm³/mol. The second-order valence-electron chi connectivity index (χ2n) is 4.15. The van der Waals surface area contributed by atoms with Crippen molar-refractivity contribution < 1.29 is 19.8 Å². The van der Waals surface area contributed by atoms with Crippen molar-refractivity contribution >= 4 is 11.9 Å². The Balaban J connectivity index is 2.22. The normalized spacial score (nSPS) is 10.1. The molecule has 0 amide bonds. The second-order valence-corrected chi connectivity index (χ2v) is 4.15. The van der Waals surface area contributed by atoms with Gasteiger partial charge in [-0.1, -0.05) is 36.4 Å². The summed E-state index contributed by atoms with van der Waals surface area (Å²) >= 11 is 0. The van der Waals surface area contributed by atoms with Crippen molar-refractivity contribution in [1.29, 1.82) is 0 Å². The highest BCUT2D eigenvalue weighted by Gasteiger charge is 2.04. The number of hydrogen-bond donors (Lipinski definition) is 2. The molecule has 4 heteroatoms. The van der Waals surface area contributed by atoms with Crippen molar-refractivity contribution in [3.63, 3.8) is 0 Å². The molecule has 0 heterocycles. The third-order valence-electron chi connectivity index (χ3n) is 2.77. The first-order valence-corrected chi connectivity index (χ1v) is 5.71. The molecule has 0 unspecified atom stereocenters. The summed E-state index contributed by atoms with van der Waals surface area (Å²) in [6.45, 7) is 0. The SMILES string of the molecule is O=C(O)Cc1ccc(-c2ccc(C(=O)O)cc2)cc1. The fourth-order valence-electron chi connectivity index (χ4n) is 1.79. The van der Waals surface area contributed by atoms with E-state index in [1.54, 1.807) is 36.4 Å². The summed E-state index contributed by atoms with van der Waals surface area (Å²) in [6, 6.07) is 13.7. The zero-order chi connectivity index (χ0) is 13.8. The van der Waals surface area contributed by atoms with Crippen LogP contribution in [0.1, 0.15) is 15.9 Å². The zero-order valence-corrected chi connectivity index (χ0v) is 10.0. The van der Waals surface area contributed by atoms with Crippen molar-refractivity contribution in [3.8, 4) is 11.1 Å². The average molecular weight is 256 g/mol. The van der Waals surface area contributed by atoms with Crippen LogP contribution < -0.4 is 0 Å². The van der Waals surface area contributed by atoms with E-state index in [1.165, 1.54) is 0 Å². The Morgan fingerprint density at radius 1 is 0.789 bits per heavy atom. The molecule has 2 aromatic rings. The van der Waals surface area contributed by atoms with Crippen LogP contribution in [0.25, 0.3) is 11.1 Å². The van der Waals surface area contributed by atoms with E-state index in [9.17, 15) is 9.59 Å². The molecule has 19 heavy (non-hydrogen) atoms. The fraction of sp³-hybridized carbons (Fsp3) is 0.0667. The number of carbonyl (C=O) groups is 2. The maximum atomic E-state index is 10.7. The Labute approximate surface area is 109 Å². The van der Waals surface area contributed by atoms with Gasteiger partial charge in [-0.3, -0.25) is 4.79 Å². The molecule has 0 aromatic heterocycles. The smallest absolute Gasteiger partial charge is 0.335 e. The molecule has 2 N–H and O–H groups in total. The first kappa shape index (κ1) is 12.8.